The standard InChI is InChI=1S/C12H24N/c1-4-7-8-9-10-12-13(6-3)11-5-2/h5-6,11H,4,7-10,12H2,1-3H3/q+1/b11-5-,13-6?. The molecule has 0 aromatic carbocycles. The summed E-state index contributed by atoms with van der Waals surface area (Å²) in [5.74, 6) is 0. The second kappa shape index (κ2) is 9.50. The van der Waals surface area contributed by atoms with Crippen LogP contribution in [0.1, 0.15) is 52.9 Å². The molecule has 0 fully saturated rings. The third-order valence-electron chi connectivity index (χ3n) is 2.19. The molecule has 0 N–H and O–H groups in total. The van der Waals surface area contributed by atoms with Crippen LogP contribution in [-0.2, 0) is 0 Å². The zero-order chi connectivity index (χ0) is 9.94. The average molecular weight is 182 g/mol. The van der Waals surface area contributed by atoms with Gasteiger partial charge < -0.3 is 0 Å². The van der Waals surface area contributed by atoms with Gasteiger partial charge >= 0.3 is 0 Å². The zero-order valence-electron chi connectivity index (χ0n) is 9.42. The number of hydrogen-bond acceptors (Lipinski definition) is 0. The number of hydrogen-bond donors (Lipinski definition) is 0. The second-order valence-electron chi connectivity index (χ2n) is 3.39. The lowest BCUT2D eigenvalue weighted by molar-refractivity contribution is -0.453. The van der Waals surface area contributed by atoms with E-state index < -0.39 is 0 Å². The Morgan fingerprint density at radius 1 is 1.00 bits per heavy atom. The third-order valence-corrected chi connectivity index (χ3v) is 2.19. The van der Waals surface area contributed by atoms with E-state index in [9.17, 15) is 0 Å². The van der Waals surface area contributed by atoms with Gasteiger partial charge in [0.15, 0.2) is 6.20 Å². The molecule has 0 amide bonds. The van der Waals surface area contributed by atoms with Gasteiger partial charge in [0.05, 0.1) is 0 Å². The SMILES string of the molecule is CC=[N+](/C=C\C)CCCCCCC. The van der Waals surface area contributed by atoms with E-state index in [0.29, 0.717) is 0 Å². The maximum atomic E-state index is 2.26. The first-order chi connectivity index (χ1) is 6.35. The lowest BCUT2D eigenvalue weighted by Gasteiger charge is -1.97. The molecule has 0 radical (unpaired) electrons. The van der Waals surface area contributed by atoms with Gasteiger partial charge in [0.1, 0.15) is 12.8 Å². The van der Waals surface area contributed by atoms with E-state index in [-0.39, 0.29) is 0 Å². The van der Waals surface area contributed by atoms with Crippen molar-refractivity contribution in [3.8, 4) is 0 Å². The number of unbranched alkanes of at least 4 members (excludes halogenated alkanes) is 4. The van der Waals surface area contributed by atoms with Gasteiger partial charge in [-0.25, -0.2) is 4.58 Å². The van der Waals surface area contributed by atoms with Crippen LogP contribution in [0.2, 0.25) is 0 Å². The fraction of sp³-hybridized carbons (Fsp3) is 0.750. The molecule has 0 aromatic rings. The normalized spacial score (nSPS) is 12.7. The van der Waals surface area contributed by atoms with Crippen molar-refractivity contribution in [1.82, 2.24) is 0 Å². The minimum absolute atomic E-state index is 1.17. The van der Waals surface area contributed by atoms with Gasteiger partial charge in [0.25, 0.3) is 0 Å². The van der Waals surface area contributed by atoms with Crippen LogP contribution in [0.3, 0.4) is 0 Å². The van der Waals surface area contributed by atoms with E-state index in [1.165, 1.54) is 38.6 Å². The zero-order valence-corrected chi connectivity index (χ0v) is 9.42. The monoisotopic (exact) mass is 182 g/mol. The van der Waals surface area contributed by atoms with Crippen LogP contribution in [-0.4, -0.2) is 17.3 Å². The van der Waals surface area contributed by atoms with E-state index in [2.05, 4.69) is 43.8 Å². The quantitative estimate of drug-likeness (QED) is 0.321. The van der Waals surface area contributed by atoms with Crippen LogP contribution in [0.15, 0.2) is 12.3 Å². The lowest BCUT2D eigenvalue weighted by Crippen LogP contribution is -2.06. The smallest absolute Gasteiger partial charge is 0.164 e. The summed E-state index contributed by atoms with van der Waals surface area (Å²) < 4.78 is 2.26. The fourth-order valence-corrected chi connectivity index (χ4v) is 1.38. The minimum Gasteiger partial charge on any atom is -0.210 e. The summed E-state index contributed by atoms with van der Waals surface area (Å²) in [6.45, 7) is 7.58. The average Bonchev–Trinajstić information content (AvgIpc) is 2.16. The van der Waals surface area contributed by atoms with Crippen molar-refractivity contribution in [2.75, 3.05) is 6.54 Å². The molecule has 0 aliphatic rings. The Kier molecular flexibility index (Phi) is 9.07. The number of rotatable bonds is 7. The summed E-state index contributed by atoms with van der Waals surface area (Å²) in [4.78, 5) is 0. The Balaban J connectivity index is 3.40. The van der Waals surface area contributed by atoms with Gasteiger partial charge in [-0.3, -0.25) is 0 Å². The summed E-state index contributed by atoms with van der Waals surface area (Å²) in [5, 5.41) is 0. The van der Waals surface area contributed by atoms with E-state index >= 15 is 0 Å². The second-order valence-corrected chi connectivity index (χ2v) is 3.39. The van der Waals surface area contributed by atoms with E-state index in [1.54, 1.807) is 0 Å². The van der Waals surface area contributed by atoms with Crippen molar-refractivity contribution in [3.63, 3.8) is 0 Å². The highest BCUT2D eigenvalue weighted by Crippen LogP contribution is 2.02. The highest BCUT2D eigenvalue weighted by Gasteiger charge is 1.96. The fourth-order valence-electron chi connectivity index (χ4n) is 1.38. The van der Waals surface area contributed by atoms with Crippen LogP contribution < -0.4 is 0 Å². The lowest BCUT2D eigenvalue weighted by atomic mass is 10.1. The summed E-state index contributed by atoms with van der Waals surface area (Å²) >= 11 is 0. The van der Waals surface area contributed by atoms with Crippen molar-refractivity contribution < 1.29 is 4.58 Å². The van der Waals surface area contributed by atoms with Gasteiger partial charge in [0, 0.05) is 13.3 Å². The summed E-state index contributed by atoms with van der Waals surface area (Å²) in [5.41, 5.74) is 0. The Morgan fingerprint density at radius 2 is 1.69 bits per heavy atom. The minimum atomic E-state index is 1.17. The molecule has 0 aliphatic heterocycles. The Hall–Kier alpha value is -0.590. The maximum Gasteiger partial charge on any atom is 0.164 e. The molecule has 76 valence electrons. The van der Waals surface area contributed by atoms with Crippen LogP contribution in [0, 0.1) is 0 Å². The van der Waals surface area contributed by atoms with Gasteiger partial charge in [-0.05, 0) is 19.4 Å². The predicted molar refractivity (Wildman–Crippen MR) is 60.4 cm³/mol. The largest absolute Gasteiger partial charge is 0.210 e. The number of allylic oxidation sites excluding steroid dienone is 1. The molecule has 0 saturated carbocycles. The molecule has 0 aromatic heterocycles. The van der Waals surface area contributed by atoms with E-state index in [0.717, 1.165) is 0 Å². The van der Waals surface area contributed by atoms with Gasteiger partial charge in [-0.1, -0.05) is 26.2 Å². The molecule has 0 rings (SSSR count). The van der Waals surface area contributed by atoms with Crippen molar-refractivity contribution in [1.29, 1.82) is 0 Å². The highest BCUT2D eigenvalue weighted by molar-refractivity contribution is 5.47. The van der Waals surface area contributed by atoms with Crippen LogP contribution in [0.5, 0.6) is 0 Å². The molecule has 0 heterocycles. The van der Waals surface area contributed by atoms with Crippen LogP contribution in [0.4, 0.5) is 0 Å². The Morgan fingerprint density at radius 3 is 2.23 bits per heavy atom. The predicted octanol–water partition coefficient (Wildman–Crippen LogP) is 3.59. The van der Waals surface area contributed by atoms with Crippen molar-refractivity contribution >= 4 is 6.21 Å². The number of nitrogens with zero attached hydrogens (tertiary/aromatic N) is 1. The first kappa shape index (κ1) is 12.4. The molecule has 1 nitrogen and oxygen atoms in total. The molecule has 0 aliphatic carbocycles. The highest BCUT2D eigenvalue weighted by atomic mass is 15.0. The summed E-state index contributed by atoms with van der Waals surface area (Å²) in [6, 6.07) is 0. The molecule has 0 unspecified atom stereocenters. The van der Waals surface area contributed by atoms with E-state index in [4.69, 9.17) is 0 Å². The first-order valence-electron chi connectivity index (χ1n) is 5.53. The van der Waals surface area contributed by atoms with Crippen LogP contribution in [0.25, 0.3) is 0 Å². The van der Waals surface area contributed by atoms with Crippen molar-refractivity contribution in [2.24, 2.45) is 0 Å². The summed E-state index contributed by atoms with van der Waals surface area (Å²) in [7, 11) is 0. The molecule has 0 atom stereocenters. The molecular formula is C12H24N+. The molecule has 0 spiro atoms. The van der Waals surface area contributed by atoms with Gasteiger partial charge in [-0.2, -0.15) is 0 Å². The Bertz CT molecular complexity index is 157. The molecule has 1 heteroatoms. The van der Waals surface area contributed by atoms with Crippen molar-refractivity contribution in [2.45, 2.75) is 52.9 Å². The molecule has 13 heavy (non-hydrogen) atoms. The topological polar surface area (TPSA) is 3.01 Å². The summed E-state index contributed by atoms with van der Waals surface area (Å²) in [6.07, 6.45) is 13.2. The van der Waals surface area contributed by atoms with Gasteiger partial charge in [0.2, 0.25) is 0 Å². The maximum absolute atomic E-state index is 2.26. The Labute approximate surface area is 83.2 Å². The van der Waals surface area contributed by atoms with Crippen LogP contribution >= 0.6 is 0 Å². The molecule has 0 bridgehead atoms. The van der Waals surface area contributed by atoms with Crippen molar-refractivity contribution in [3.05, 3.63) is 12.3 Å². The van der Waals surface area contributed by atoms with E-state index in [1.807, 2.05) is 0 Å². The first-order valence-corrected chi connectivity index (χ1v) is 5.53. The van der Waals surface area contributed by atoms with Gasteiger partial charge in [-0.15, -0.1) is 0 Å². The third kappa shape index (κ3) is 7.76. The molecule has 0 saturated heterocycles. The molecular weight excluding hydrogens is 158 g/mol.